The summed E-state index contributed by atoms with van der Waals surface area (Å²) in [6.07, 6.45) is 1.44. The van der Waals surface area contributed by atoms with E-state index in [1.54, 1.807) is 12.1 Å². The minimum Gasteiger partial charge on any atom is -0.383 e. The fourth-order valence-corrected chi connectivity index (χ4v) is 1.78. The van der Waals surface area contributed by atoms with Crippen molar-refractivity contribution in [2.24, 2.45) is 0 Å². The van der Waals surface area contributed by atoms with Crippen LogP contribution in [0.5, 0.6) is 0 Å². The van der Waals surface area contributed by atoms with Crippen molar-refractivity contribution < 1.29 is 17.9 Å². The Morgan fingerprint density at radius 2 is 2.21 bits per heavy atom. The lowest BCUT2D eigenvalue weighted by Gasteiger charge is -2.17. The zero-order chi connectivity index (χ0) is 14.3. The van der Waals surface area contributed by atoms with Crippen molar-refractivity contribution in [2.75, 3.05) is 27.3 Å². The lowest BCUT2D eigenvalue weighted by Crippen LogP contribution is -2.48. The van der Waals surface area contributed by atoms with Gasteiger partial charge in [-0.3, -0.25) is 15.2 Å². The van der Waals surface area contributed by atoms with Gasteiger partial charge < -0.3 is 4.74 Å². The summed E-state index contributed by atoms with van der Waals surface area (Å²) in [6.45, 7) is 0.427. The van der Waals surface area contributed by atoms with Crippen LogP contribution in [-0.2, 0) is 14.9 Å². The monoisotopic (exact) mass is 288 g/mol. The summed E-state index contributed by atoms with van der Waals surface area (Å²) in [5.74, 6) is -0.635. The van der Waals surface area contributed by atoms with Crippen molar-refractivity contribution in [3.05, 3.63) is 30.1 Å². The van der Waals surface area contributed by atoms with Crippen molar-refractivity contribution in [3.8, 4) is 0 Å². The number of hydrogen-bond acceptors (Lipinski definition) is 5. The van der Waals surface area contributed by atoms with Crippen LogP contribution in [0.4, 0.5) is 0 Å². The van der Waals surface area contributed by atoms with E-state index in [4.69, 9.17) is 4.74 Å². The molecule has 1 amide bonds. The van der Waals surface area contributed by atoms with Crippen LogP contribution < -0.4 is 10.3 Å². The number of carbonyl (C=O) groups is 1. The number of nitrogens with one attached hydrogen (secondary N) is 2. The molecule has 0 radical (unpaired) electrons. The van der Waals surface area contributed by atoms with Gasteiger partial charge in [-0.2, -0.15) is 12.7 Å². The number of pyridine rings is 1. The first-order valence-electron chi connectivity index (χ1n) is 5.41. The summed E-state index contributed by atoms with van der Waals surface area (Å²) in [5.41, 5.74) is 2.19. The molecule has 8 nitrogen and oxygen atoms in total. The van der Waals surface area contributed by atoms with Crippen LogP contribution in [0.3, 0.4) is 0 Å². The third kappa shape index (κ3) is 4.91. The average Bonchev–Trinajstić information content (AvgIpc) is 2.43. The number of hydrogen-bond donors (Lipinski definition) is 2. The summed E-state index contributed by atoms with van der Waals surface area (Å²) < 4.78 is 29.2. The van der Waals surface area contributed by atoms with Gasteiger partial charge in [0, 0.05) is 26.9 Å². The number of hydrazine groups is 1. The SMILES string of the molecule is COCCN(C)S(=O)(=O)NNC(=O)c1ccccn1. The molecular formula is C10H16N4O4S. The Hall–Kier alpha value is -1.55. The summed E-state index contributed by atoms with van der Waals surface area (Å²) >= 11 is 0. The molecule has 0 fully saturated rings. The molecule has 0 atom stereocenters. The second kappa shape index (κ2) is 7.14. The highest BCUT2D eigenvalue weighted by Crippen LogP contribution is 1.94. The van der Waals surface area contributed by atoms with E-state index in [9.17, 15) is 13.2 Å². The normalized spacial score (nSPS) is 11.5. The summed E-state index contributed by atoms with van der Waals surface area (Å²) in [6, 6.07) is 4.75. The van der Waals surface area contributed by atoms with Crippen LogP contribution in [0.25, 0.3) is 0 Å². The van der Waals surface area contributed by atoms with Crippen LogP contribution in [0.1, 0.15) is 10.5 Å². The Labute approximate surface area is 111 Å². The van der Waals surface area contributed by atoms with Crippen molar-refractivity contribution >= 4 is 16.1 Å². The molecule has 0 saturated heterocycles. The smallest absolute Gasteiger partial charge is 0.296 e. The molecule has 9 heteroatoms. The zero-order valence-electron chi connectivity index (χ0n) is 10.7. The number of likely N-dealkylation sites (N-methyl/N-ethyl adjacent to an activating group) is 1. The molecule has 0 aliphatic rings. The Morgan fingerprint density at radius 1 is 1.47 bits per heavy atom. The number of methoxy groups -OCH3 is 1. The molecule has 1 aromatic heterocycles. The molecule has 0 saturated carbocycles. The minimum absolute atomic E-state index is 0.116. The van der Waals surface area contributed by atoms with Crippen molar-refractivity contribution in [1.82, 2.24) is 19.5 Å². The van der Waals surface area contributed by atoms with Gasteiger partial charge in [0.25, 0.3) is 16.1 Å². The van der Waals surface area contributed by atoms with Crippen LogP contribution in [-0.4, -0.2) is 50.9 Å². The van der Waals surface area contributed by atoms with E-state index in [1.165, 1.54) is 26.4 Å². The number of aromatic nitrogens is 1. The predicted octanol–water partition coefficient (Wildman–Crippen LogP) is -0.861. The molecule has 0 bridgehead atoms. The lowest BCUT2D eigenvalue weighted by molar-refractivity contribution is 0.0939. The Bertz CT molecular complexity index is 506. The van der Waals surface area contributed by atoms with E-state index < -0.39 is 16.1 Å². The van der Waals surface area contributed by atoms with Crippen molar-refractivity contribution in [2.45, 2.75) is 0 Å². The molecular weight excluding hydrogens is 272 g/mol. The van der Waals surface area contributed by atoms with Crippen molar-refractivity contribution in [3.63, 3.8) is 0 Å². The second-order valence-electron chi connectivity index (χ2n) is 3.59. The maximum Gasteiger partial charge on any atom is 0.296 e. The molecule has 0 aliphatic heterocycles. The summed E-state index contributed by atoms with van der Waals surface area (Å²) in [7, 11) is -0.954. The largest absolute Gasteiger partial charge is 0.383 e. The average molecular weight is 288 g/mol. The van der Waals surface area contributed by atoms with E-state index >= 15 is 0 Å². The fraction of sp³-hybridized carbons (Fsp3) is 0.400. The van der Waals surface area contributed by atoms with Crippen LogP contribution >= 0.6 is 0 Å². The molecule has 0 unspecified atom stereocenters. The molecule has 106 valence electrons. The van der Waals surface area contributed by atoms with Gasteiger partial charge in [0.1, 0.15) is 5.69 Å². The van der Waals surface area contributed by atoms with E-state index in [1.807, 2.05) is 4.83 Å². The third-order valence-electron chi connectivity index (χ3n) is 2.21. The van der Waals surface area contributed by atoms with E-state index in [-0.39, 0.29) is 18.8 Å². The molecule has 19 heavy (non-hydrogen) atoms. The third-order valence-corrected chi connectivity index (χ3v) is 3.57. The van der Waals surface area contributed by atoms with Crippen molar-refractivity contribution in [1.29, 1.82) is 0 Å². The quantitative estimate of drug-likeness (QED) is 0.636. The lowest BCUT2D eigenvalue weighted by atomic mass is 10.3. The maximum absolute atomic E-state index is 11.7. The number of nitrogens with zero attached hydrogens (tertiary/aromatic N) is 2. The second-order valence-corrected chi connectivity index (χ2v) is 5.37. The topological polar surface area (TPSA) is 101 Å². The van der Waals surface area contributed by atoms with Gasteiger partial charge in [-0.25, -0.2) is 0 Å². The van der Waals surface area contributed by atoms with Gasteiger partial charge in [-0.05, 0) is 12.1 Å². The van der Waals surface area contributed by atoms with Gasteiger partial charge >= 0.3 is 0 Å². The molecule has 1 heterocycles. The Balaban J connectivity index is 2.54. The predicted molar refractivity (Wildman–Crippen MR) is 68.3 cm³/mol. The highest BCUT2D eigenvalue weighted by molar-refractivity contribution is 7.87. The van der Waals surface area contributed by atoms with Crippen LogP contribution in [0, 0.1) is 0 Å². The van der Waals surface area contributed by atoms with Crippen LogP contribution in [0.15, 0.2) is 24.4 Å². The van der Waals surface area contributed by atoms with Gasteiger partial charge in [0.2, 0.25) is 0 Å². The highest BCUT2D eigenvalue weighted by Gasteiger charge is 2.18. The number of rotatable bonds is 7. The maximum atomic E-state index is 11.7. The first-order chi connectivity index (χ1) is 8.97. The first-order valence-corrected chi connectivity index (χ1v) is 6.85. The van der Waals surface area contributed by atoms with Gasteiger partial charge in [-0.15, -0.1) is 4.83 Å². The minimum atomic E-state index is -3.79. The Kier molecular flexibility index (Phi) is 5.83. The molecule has 0 aliphatic carbocycles. The van der Waals surface area contributed by atoms with Crippen LogP contribution in [0.2, 0.25) is 0 Å². The fourth-order valence-electron chi connectivity index (χ4n) is 1.09. The van der Waals surface area contributed by atoms with E-state index in [2.05, 4.69) is 10.4 Å². The zero-order valence-corrected chi connectivity index (χ0v) is 11.5. The molecule has 0 spiro atoms. The summed E-state index contributed by atoms with van der Waals surface area (Å²) in [4.78, 5) is 17.3. The number of amides is 1. The van der Waals surface area contributed by atoms with Gasteiger partial charge in [0.15, 0.2) is 0 Å². The summed E-state index contributed by atoms with van der Waals surface area (Å²) in [5, 5.41) is 0. The van der Waals surface area contributed by atoms with E-state index in [0.29, 0.717) is 0 Å². The highest BCUT2D eigenvalue weighted by atomic mass is 32.2. The number of ether oxygens (including phenoxy) is 1. The van der Waals surface area contributed by atoms with Gasteiger partial charge in [-0.1, -0.05) is 6.07 Å². The molecule has 0 aromatic carbocycles. The number of carbonyl (C=O) groups excluding carboxylic acids is 1. The standard InChI is InChI=1S/C10H16N4O4S/c1-14(7-8-18-2)19(16,17)13-12-10(15)9-5-3-4-6-11-9/h3-6,13H,7-8H2,1-2H3,(H,12,15). The van der Waals surface area contributed by atoms with E-state index in [0.717, 1.165) is 4.31 Å². The molecule has 2 N–H and O–H groups in total. The molecule has 1 rings (SSSR count). The first kappa shape index (κ1) is 15.5. The molecule has 1 aromatic rings. The van der Waals surface area contributed by atoms with Gasteiger partial charge in [0.05, 0.1) is 6.61 Å². The Morgan fingerprint density at radius 3 is 2.79 bits per heavy atom.